The van der Waals surface area contributed by atoms with Gasteiger partial charge in [0.25, 0.3) is 0 Å². The van der Waals surface area contributed by atoms with E-state index in [9.17, 15) is 19.5 Å². The van der Waals surface area contributed by atoms with Crippen LogP contribution in [0.25, 0.3) is 0 Å². The molecule has 0 aromatic carbocycles. The second-order valence-corrected chi connectivity index (χ2v) is 9.12. The summed E-state index contributed by atoms with van der Waals surface area (Å²) in [5, 5.41) is 10.5. The van der Waals surface area contributed by atoms with Crippen LogP contribution in [0.5, 0.6) is 0 Å². The van der Waals surface area contributed by atoms with Gasteiger partial charge in [0.1, 0.15) is 11.6 Å². The molecule has 0 saturated heterocycles. The molecule has 0 aromatic heterocycles. The van der Waals surface area contributed by atoms with Gasteiger partial charge in [-0.2, -0.15) is 0 Å². The van der Waals surface area contributed by atoms with E-state index in [-0.39, 0.29) is 33.9 Å². The summed E-state index contributed by atoms with van der Waals surface area (Å²) in [6, 6.07) is 0. The third-order valence-corrected chi connectivity index (χ3v) is 5.27. The van der Waals surface area contributed by atoms with Crippen molar-refractivity contribution >= 4 is 17.3 Å². The first-order chi connectivity index (χ1) is 11.0. The van der Waals surface area contributed by atoms with Gasteiger partial charge in [0.05, 0.1) is 11.7 Å². The van der Waals surface area contributed by atoms with Crippen LogP contribution in [0.3, 0.4) is 0 Å². The molecule has 134 valence electrons. The highest BCUT2D eigenvalue weighted by molar-refractivity contribution is 6.08. The summed E-state index contributed by atoms with van der Waals surface area (Å²) in [5.41, 5.74) is -0.233. The summed E-state index contributed by atoms with van der Waals surface area (Å²) in [6.07, 6.45) is 2.84. The second kappa shape index (κ2) is 6.45. The van der Waals surface area contributed by atoms with Crippen molar-refractivity contribution in [2.75, 3.05) is 0 Å². The molecule has 0 radical (unpaired) electrons. The first-order valence-corrected chi connectivity index (χ1v) is 8.98. The average molecular weight is 334 g/mol. The molecule has 0 aromatic rings. The number of hydrogen-bond acceptors (Lipinski definition) is 4. The standard InChI is InChI=1S/C20H30O4/c1-6-7-12(17-13(21)8-19(2,3)9-14(17)22)18-15(23)10-20(4,5)11-16(18)24/h12,17,23H,6-11H2,1-5H3/t12-/m0/s1. The lowest BCUT2D eigenvalue weighted by molar-refractivity contribution is -0.141. The predicted octanol–water partition coefficient (Wildman–Crippen LogP) is 4.18. The fourth-order valence-electron chi connectivity index (χ4n) is 4.37. The number of aliphatic hydroxyl groups is 1. The first-order valence-electron chi connectivity index (χ1n) is 8.98. The first kappa shape index (κ1) is 18.9. The highest BCUT2D eigenvalue weighted by Gasteiger charge is 2.47. The third-order valence-electron chi connectivity index (χ3n) is 5.27. The van der Waals surface area contributed by atoms with Crippen LogP contribution in [0, 0.1) is 22.7 Å². The van der Waals surface area contributed by atoms with Crippen molar-refractivity contribution in [3.63, 3.8) is 0 Å². The van der Waals surface area contributed by atoms with E-state index in [1.807, 2.05) is 34.6 Å². The molecule has 1 N–H and O–H groups in total. The van der Waals surface area contributed by atoms with Crippen molar-refractivity contribution in [2.45, 2.75) is 73.1 Å². The maximum Gasteiger partial charge on any atom is 0.163 e. The van der Waals surface area contributed by atoms with Gasteiger partial charge in [-0.3, -0.25) is 14.4 Å². The molecule has 0 spiro atoms. The molecule has 0 bridgehead atoms. The molecule has 2 aliphatic carbocycles. The van der Waals surface area contributed by atoms with Crippen molar-refractivity contribution in [3.8, 4) is 0 Å². The van der Waals surface area contributed by atoms with Crippen LogP contribution in [0.15, 0.2) is 11.3 Å². The molecule has 1 fully saturated rings. The number of Topliss-reactive ketones (excluding diaryl/α,β-unsaturated/α-hetero) is 3. The molecule has 4 heteroatoms. The Morgan fingerprint density at radius 3 is 1.92 bits per heavy atom. The SMILES string of the molecule is CCC[C@H](C1=C(O)CC(C)(C)CC1=O)C1C(=O)CC(C)(C)CC1=O. The van der Waals surface area contributed by atoms with Gasteiger partial charge in [-0.25, -0.2) is 0 Å². The van der Waals surface area contributed by atoms with E-state index >= 15 is 0 Å². The summed E-state index contributed by atoms with van der Waals surface area (Å²) in [7, 11) is 0. The van der Waals surface area contributed by atoms with Crippen LogP contribution in [-0.4, -0.2) is 22.5 Å². The third kappa shape index (κ3) is 3.79. The highest BCUT2D eigenvalue weighted by Crippen LogP contribution is 2.44. The van der Waals surface area contributed by atoms with Gasteiger partial charge in [0.15, 0.2) is 5.78 Å². The van der Waals surface area contributed by atoms with Gasteiger partial charge < -0.3 is 5.11 Å². The average Bonchev–Trinajstić information content (AvgIpc) is 2.33. The molecule has 4 nitrogen and oxygen atoms in total. The van der Waals surface area contributed by atoms with Crippen molar-refractivity contribution < 1.29 is 19.5 Å². The van der Waals surface area contributed by atoms with E-state index in [1.165, 1.54) is 0 Å². The van der Waals surface area contributed by atoms with Gasteiger partial charge in [0, 0.05) is 37.2 Å². The molecular formula is C20H30O4. The Hall–Kier alpha value is -1.45. The second-order valence-electron chi connectivity index (χ2n) is 9.12. The highest BCUT2D eigenvalue weighted by atomic mass is 16.3. The summed E-state index contributed by atoms with van der Waals surface area (Å²) in [4.78, 5) is 38.0. The maximum absolute atomic E-state index is 12.7. The summed E-state index contributed by atoms with van der Waals surface area (Å²) >= 11 is 0. The van der Waals surface area contributed by atoms with E-state index in [0.717, 1.165) is 6.42 Å². The van der Waals surface area contributed by atoms with Crippen LogP contribution in [0.2, 0.25) is 0 Å². The largest absolute Gasteiger partial charge is 0.512 e. The number of hydrogen-bond donors (Lipinski definition) is 1. The van der Waals surface area contributed by atoms with Gasteiger partial charge >= 0.3 is 0 Å². The quantitative estimate of drug-likeness (QED) is 0.783. The molecule has 0 aliphatic heterocycles. The summed E-state index contributed by atoms with van der Waals surface area (Å²) in [6.45, 7) is 9.74. The fourth-order valence-corrected chi connectivity index (χ4v) is 4.37. The topological polar surface area (TPSA) is 71.4 Å². The molecule has 1 saturated carbocycles. The molecule has 0 amide bonds. The Balaban J connectivity index is 2.41. The lowest BCUT2D eigenvalue weighted by atomic mass is 9.63. The van der Waals surface area contributed by atoms with Crippen LogP contribution >= 0.6 is 0 Å². The van der Waals surface area contributed by atoms with E-state index in [4.69, 9.17) is 0 Å². The lowest BCUT2D eigenvalue weighted by Crippen LogP contribution is -2.44. The molecule has 24 heavy (non-hydrogen) atoms. The van der Waals surface area contributed by atoms with Crippen LogP contribution in [-0.2, 0) is 14.4 Å². The lowest BCUT2D eigenvalue weighted by Gasteiger charge is -2.38. The van der Waals surface area contributed by atoms with E-state index < -0.39 is 11.8 Å². The Morgan fingerprint density at radius 1 is 0.958 bits per heavy atom. The minimum atomic E-state index is -0.764. The Labute approximate surface area is 144 Å². The zero-order chi connectivity index (χ0) is 18.3. The van der Waals surface area contributed by atoms with Gasteiger partial charge in [-0.1, -0.05) is 41.0 Å². The molecule has 0 heterocycles. The molecule has 2 rings (SSSR count). The van der Waals surface area contributed by atoms with Crippen LogP contribution < -0.4 is 0 Å². The normalized spacial score (nSPS) is 26.0. The van der Waals surface area contributed by atoms with E-state index in [1.54, 1.807) is 0 Å². The minimum absolute atomic E-state index is 0.0763. The molecule has 1 atom stereocenters. The Morgan fingerprint density at radius 2 is 1.46 bits per heavy atom. The zero-order valence-corrected chi connectivity index (χ0v) is 15.6. The van der Waals surface area contributed by atoms with Gasteiger partial charge in [-0.05, 0) is 17.3 Å². The van der Waals surface area contributed by atoms with Gasteiger partial charge in [0.2, 0.25) is 0 Å². The predicted molar refractivity (Wildman–Crippen MR) is 92.6 cm³/mol. The maximum atomic E-state index is 12.7. The smallest absolute Gasteiger partial charge is 0.163 e. The van der Waals surface area contributed by atoms with Crippen LogP contribution in [0.4, 0.5) is 0 Å². The van der Waals surface area contributed by atoms with Crippen molar-refractivity contribution in [1.29, 1.82) is 0 Å². The molecule has 2 aliphatic rings. The van der Waals surface area contributed by atoms with Crippen molar-refractivity contribution in [3.05, 3.63) is 11.3 Å². The number of carbonyl (C=O) groups is 3. The Bertz CT molecular complexity index is 575. The van der Waals surface area contributed by atoms with Crippen molar-refractivity contribution in [2.24, 2.45) is 22.7 Å². The number of ketones is 3. The van der Waals surface area contributed by atoms with E-state index in [2.05, 4.69) is 0 Å². The van der Waals surface area contributed by atoms with Crippen LogP contribution in [0.1, 0.15) is 73.1 Å². The zero-order valence-electron chi connectivity index (χ0n) is 15.6. The van der Waals surface area contributed by atoms with E-state index in [0.29, 0.717) is 37.7 Å². The van der Waals surface area contributed by atoms with Gasteiger partial charge in [-0.15, -0.1) is 0 Å². The summed E-state index contributed by atoms with van der Waals surface area (Å²) in [5.74, 6) is -1.40. The monoisotopic (exact) mass is 334 g/mol. The summed E-state index contributed by atoms with van der Waals surface area (Å²) < 4.78 is 0. The number of carbonyl (C=O) groups excluding carboxylic acids is 3. The number of allylic oxidation sites excluding steroid dienone is 2. The number of aliphatic hydroxyl groups excluding tert-OH is 1. The molecule has 0 unspecified atom stereocenters. The fraction of sp³-hybridized carbons (Fsp3) is 0.750. The Kier molecular flexibility index (Phi) is 5.08. The number of rotatable bonds is 4. The molecular weight excluding hydrogens is 304 g/mol. The van der Waals surface area contributed by atoms with Crippen molar-refractivity contribution in [1.82, 2.24) is 0 Å². The minimum Gasteiger partial charge on any atom is -0.512 e.